The van der Waals surface area contributed by atoms with E-state index in [0.717, 1.165) is 12.1 Å². The van der Waals surface area contributed by atoms with Crippen molar-refractivity contribution >= 4 is 0 Å². The van der Waals surface area contributed by atoms with E-state index in [9.17, 15) is 4.39 Å². The van der Waals surface area contributed by atoms with E-state index >= 15 is 0 Å². The third-order valence-electron chi connectivity index (χ3n) is 2.98. The minimum Gasteiger partial charge on any atom is -0.313 e. The first kappa shape index (κ1) is 14.2. The molecule has 0 spiro atoms. The van der Waals surface area contributed by atoms with Gasteiger partial charge in [0, 0.05) is 12.1 Å². The van der Waals surface area contributed by atoms with Crippen LogP contribution in [-0.2, 0) is 6.54 Å². The fourth-order valence-corrected chi connectivity index (χ4v) is 1.90. The molecule has 0 radical (unpaired) electrons. The van der Waals surface area contributed by atoms with Crippen molar-refractivity contribution in [2.45, 2.75) is 52.0 Å². The molecule has 0 aliphatic carbocycles. The van der Waals surface area contributed by atoms with Crippen LogP contribution in [0.15, 0.2) is 24.3 Å². The fourth-order valence-electron chi connectivity index (χ4n) is 1.90. The summed E-state index contributed by atoms with van der Waals surface area (Å²) < 4.78 is 13.3. The van der Waals surface area contributed by atoms with E-state index in [0.29, 0.717) is 6.54 Å². The molecule has 2 heteroatoms. The maximum atomic E-state index is 13.3. The first-order valence-corrected chi connectivity index (χ1v) is 6.78. The summed E-state index contributed by atoms with van der Waals surface area (Å²) in [7, 11) is 0. The van der Waals surface area contributed by atoms with Crippen molar-refractivity contribution in [2.75, 3.05) is 6.54 Å². The van der Waals surface area contributed by atoms with Gasteiger partial charge in [0.2, 0.25) is 0 Å². The summed E-state index contributed by atoms with van der Waals surface area (Å²) in [5.74, 6) is -0.108. The topological polar surface area (TPSA) is 12.0 Å². The van der Waals surface area contributed by atoms with Gasteiger partial charge in [-0.2, -0.15) is 0 Å². The monoisotopic (exact) mass is 237 g/mol. The number of hydrogen-bond acceptors (Lipinski definition) is 1. The molecule has 0 atom stereocenters. The Kier molecular flexibility index (Phi) is 7.65. The molecule has 1 aromatic rings. The first-order chi connectivity index (χ1) is 8.34. The molecule has 1 N–H and O–H groups in total. The molecule has 17 heavy (non-hydrogen) atoms. The van der Waals surface area contributed by atoms with Crippen LogP contribution in [0.5, 0.6) is 0 Å². The number of rotatable bonds is 9. The predicted octanol–water partition coefficient (Wildman–Crippen LogP) is 4.28. The molecule has 0 bridgehead atoms. The van der Waals surface area contributed by atoms with Gasteiger partial charge in [-0.15, -0.1) is 0 Å². The lowest BCUT2D eigenvalue weighted by molar-refractivity contribution is 0.556. The minimum atomic E-state index is -0.108. The Labute approximate surface area is 104 Å². The van der Waals surface area contributed by atoms with Crippen molar-refractivity contribution in [2.24, 2.45) is 0 Å². The second-order valence-corrected chi connectivity index (χ2v) is 4.54. The Hall–Kier alpha value is -0.890. The van der Waals surface area contributed by atoms with Gasteiger partial charge in [-0.25, -0.2) is 4.39 Å². The van der Waals surface area contributed by atoms with Gasteiger partial charge in [0.25, 0.3) is 0 Å². The number of halogens is 1. The molecular weight excluding hydrogens is 213 g/mol. The lowest BCUT2D eigenvalue weighted by Crippen LogP contribution is -2.15. The minimum absolute atomic E-state index is 0.108. The van der Waals surface area contributed by atoms with Crippen LogP contribution < -0.4 is 5.32 Å². The third-order valence-corrected chi connectivity index (χ3v) is 2.98. The van der Waals surface area contributed by atoms with Crippen LogP contribution in [0, 0.1) is 5.82 Å². The fraction of sp³-hybridized carbons (Fsp3) is 0.600. The normalized spacial score (nSPS) is 10.7. The maximum Gasteiger partial charge on any atom is 0.127 e. The molecule has 1 nitrogen and oxygen atoms in total. The highest BCUT2D eigenvalue weighted by Crippen LogP contribution is 2.06. The van der Waals surface area contributed by atoms with Gasteiger partial charge < -0.3 is 5.32 Å². The molecule has 0 saturated heterocycles. The Morgan fingerprint density at radius 1 is 1.00 bits per heavy atom. The summed E-state index contributed by atoms with van der Waals surface area (Å²) in [6, 6.07) is 6.96. The average Bonchev–Trinajstić information content (AvgIpc) is 2.35. The number of unbranched alkanes of at least 4 members (excludes halogenated alkanes) is 5. The van der Waals surface area contributed by atoms with Gasteiger partial charge in [-0.05, 0) is 19.0 Å². The second kappa shape index (κ2) is 9.17. The molecule has 0 amide bonds. The predicted molar refractivity (Wildman–Crippen MR) is 71.5 cm³/mol. The van der Waals surface area contributed by atoms with Crippen LogP contribution >= 0.6 is 0 Å². The molecule has 0 aromatic heterocycles. The van der Waals surface area contributed by atoms with E-state index in [1.807, 2.05) is 12.1 Å². The van der Waals surface area contributed by atoms with E-state index in [4.69, 9.17) is 0 Å². The van der Waals surface area contributed by atoms with E-state index in [1.165, 1.54) is 44.6 Å². The molecule has 1 rings (SSSR count). The zero-order valence-electron chi connectivity index (χ0n) is 10.8. The lowest BCUT2D eigenvalue weighted by Gasteiger charge is -2.05. The SMILES string of the molecule is CCCCCCCCNCc1ccccc1F. The highest BCUT2D eigenvalue weighted by molar-refractivity contribution is 5.16. The van der Waals surface area contributed by atoms with Crippen molar-refractivity contribution in [3.8, 4) is 0 Å². The number of hydrogen-bond donors (Lipinski definition) is 1. The van der Waals surface area contributed by atoms with Crippen molar-refractivity contribution in [1.29, 1.82) is 0 Å². The van der Waals surface area contributed by atoms with Gasteiger partial charge in [0.05, 0.1) is 0 Å². The van der Waals surface area contributed by atoms with Gasteiger partial charge in [0.1, 0.15) is 5.82 Å². The summed E-state index contributed by atoms with van der Waals surface area (Å²) in [6.07, 6.45) is 7.80. The highest BCUT2D eigenvalue weighted by Gasteiger charge is 1.98. The molecule has 0 saturated carbocycles. The molecular formula is C15H24FN. The summed E-state index contributed by atoms with van der Waals surface area (Å²) in [6.45, 7) is 3.86. The second-order valence-electron chi connectivity index (χ2n) is 4.54. The van der Waals surface area contributed by atoms with Crippen molar-refractivity contribution in [1.82, 2.24) is 5.32 Å². The van der Waals surface area contributed by atoms with Gasteiger partial charge in [0.15, 0.2) is 0 Å². The zero-order valence-corrected chi connectivity index (χ0v) is 10.8. The van der Waals surface area contributed by atoms with E-state index in [-0.39, 0.29) is 5.82 Å². The van der Waals surface area contributed by atoms with Crippen molar-refractivity contribution in [3.63, 3.8) is 0 Å². The van der Waals surface area contributed by atoms with Crippen molar-refractivity contribution in [3.05, 3.63) is 35.6 Å². The maximum absolute atomic E-state index is 13.3. The van der Waals surface area contributed by atoms with Crippen LogP contribution in [0.4, 0.5) is 4.39 Å². The Balaban J connectivity index is 1.99. The number of nitrogens with one attached hydrogen (secondary N) is 1. The molecule has 0 fully saturated rings. The average molecular weight is 237 g/mol. The zero-order chi connectivity index (χ0) is 12.3. The quantitative estimate of drug-likeness (QED) is 0.632. The van der Waals surface area contributed by atoms with Crippen LogP contribution in [0.25, 0.3) is 0 Å². The van der Waals surface area contributed by atoms with Crippen LogP contribution in [0.2, 0.25) is 0 Å². The lowest BCUT2D eigenvalue weighted by atomic mass is 10.1. The Morgan fingerprint density at radius 3 is 2.47 bits per heavy atom. The standard InChI is InChI=1S/C15H24FN/c1-2-3-4-5-6-9-12-17-13-14-10-7-8-11-15(14)16/h7-8,10-11,17H,2-6,9,12-13H2,1H3. The van der Waals surface area contributed by atoms with Gasteiger partial charge in [-0.3, -0.25) is 0 Å². The molecule has 1 aromatic carbocycles. The summed E-state index contributed by atoms with van der Waals surface area (Å²) in [5.41, 5.74) is 0.762. The van der Waals surface area contributed by atoms with Gasteiger partial charge in [-0.1, -0.05) is 57.2 Å². The smallest absolute Gasteiger partial charge is 0.127 e. The van der Waals surface area contributed by atoms with Crippen LogP contribution in [0.1, 0.15) is 51.0 Å². The van der Waals surface area contributed by atoms with Gasteiger partial charge >= 0.3 is 0 Å². The number of benzene rings is 1. The van der Waals surface area contributed by atoms with Crippen molar-refractivity contribution < 1.29 is 4.39 Å². The van der Waals surface area contributed by atoms with E-state index < -0.39 is 0 Å². The van der Waals surface area contributed by atoms with Crippen LogP contribution in [0.3, 0.4) is 0 Å². The summed E-state index contributed by atoms with van der Waals surface area (Å²) >= 11 is 0. The summed E-state index contributed by atoms with van der Waals surface area (Å²) in [5, 5.41) is 3.29. The summed E-state index contributed by atoms with van der Waals surface area (Å²) in [4.78, 5) is 0. The van der Waals surface area contributed by atoms with E-state index in [1.54, 1.807) is 6.07 Å². The van der Waals surface area contributed by atoms with E-state index in [2.05, 4.69) is 12.2 Å². The molecule has 96 valence electrons. The molecule has 0 unspecified atom stereocenters. The molecule has 0 heterocycles. The highest BCUT2D eigenvalue weighted by atomic mass is 19.1. The van der Waals surface area contributed by atoms with Crippen LogP contribution in [-0.4, -0.2) is 6.54 Å². The Morgan fingerprint density at radius 2 is 1.71 bits per heavy atom. The Bertz CT molecular complexity index is 299. The largest absolute Gasteiger partial charge is 0.313 e. The molecule has 0 aliphatic rings. The molecule has 0 aliphatic heterocycles. The first-order valence-electron chi connectivity index (χ1n) is 6.78. The third kappa shape index (κ3) is 6.42.